The molecule has 7 heteroatoms. The fourth-order valence-corrected chi connectivity index (χ4v) is 6.66. The summed E-state index contributed by atoms with van der Waals surface area (Å²) in [4.78, 5) is 19.0. The molecule has 2 aliphatic heterocycles. The number of nitrogens with zero attached hydrogens (tertiary/aromatic N) is 3. The zero-order chi connectivity index (χ0) is 26.6. The fraction of sp³-hybridized carbons (Fsp3) is 0.438. The number of hydrogen-bond acceptors (Lipinski definition) is 4. The highest BCUT2D eigenvalue weighted by molar-refractivity contribution is 6.30. The Morgan fingerprint density at radius 1 is 1.13 bits per heavy atom. The molecule has 1 saturated heterocycles. The summed E-state index contributed by atoms with van der Waals surface area (Å²) in [7, 11) is 0. The molecule has 2 fully saturated rings. The molecule has 4 aliphatic rings. The Morgan fingerprint density at radius 3 is 2.77 bits per heavy atom. The molecular formula is C32H37ClN4O2. The normalized spacial score (nSPS) is 20.0. The van der Waals surface area contributed by atoms with Gasteiger partial charge in [-0.1, -0.05) is 36.2 Å². The number of amides is 1. The molecule has 0 atom stereocenters. The van der Waals surface area contributed by atoms with Crippen LogP contribution in [-0.4, -0.2) is 39.7 Å². The lowest BCUT2D eigenvalue weighted by Gasteiger charge is -2.35. The number of nitrogens with one attached hydrogen (secondary N) is 1. The number of fused-ring (bicyclic) bond motifs is 2. The van der Waals surface area contributed by atoms with Gasteiger partial charge in [0.15, 0.2) is 0 Å². The number of benzene rings is 1. The second-order valence-corrected chi connectivity index (χ2v) is 11.5. The van der Waals surface area contributed by atoms with Crippen LogP contribution in [0.4, 0.5) is 4.79 Å². The Morgan fingerprint density at radius 2 is 1.97 bits per heavy atom. The molecule has 204 valence electrons. The van der Waals surface area contributed by atoms with Gasteiger partial charge in [-0.05, 0) is 97.8 Å². The van der Waals surface area contributed by atoms with Crippen molar-refractivity contribution in [2.45, 2.75) is 70.4 Å². The van der Waals surface area contributed by atoms with E-state index >= 15 is 0 Å². The van der Waals surface area contributed by atoms with E-state index in [0.29, 0.717) is 5.92 Å². The number of halogens is 1. The van der Waals surface area contributed by atoms with Crippen molar-refractivity contribution < 1.29 is 9.53 Å². The van der Waals surface area contributed by atoms with Gasteiger partial charge in [0.2, 0.25) is 0 Å². The summed E-state index contributed by atoms with van der Waals surface area (Å²) < 4.78 is 8.01. The lowest BCUT2D eigenvalue weighted by molar-refractivity contribution is 0.0398. The molecule has 0 radical (unpaired) electrons. The topological polar surface area (TPSA) is 59.4 Å². The second-order valence-electron chi connectivity index (χ2n) is 11.1. The van der Waals surface area contributed by atoms with Gasteiger partial charge < -0.3 is 19.5 Å². The number of likely N-dealkylation sites (tertiary alicyclic amines) is 1. The quantitative estimate of drug-likeness (QED) is 0.413. The minimum Gasteiger partial charge on any atom is -0.446 e. The number of dihydropyridines is 1. The maximum atomic E-state index is 12.9. The molecule has 2 aliphatic carbocycles. The van der Waals surface area contributed by atoms with Crippen molar-refractivity contribution in [1.29, 1.82) is 0 Å². The summed E-state index contributed by atoms with van der Waals surface area (Å²) in [5.74, 6) is 0.333. The molecule has 1 aromatic carbocycles. The van der Waals surface area contributed by atoms with E-state index in [1.54, 1.807) is 0 Å². The smallest absolute Gasteiger partial charge is 0.410 e. The summed E-state index contributed by atoms with van der Waals surface area (Å²) in [6.07, 6.45) is 23.7. The SMILES string of the molecule is O=C(OC1CCCCC1)N1CCC(C2=C3NC=CC=C3C(CCCn3ccnc3)=Cc3cc(Cl)ccc32)CC1. The Labute approximate surface area is 236 Å². The number of aryl methyl sites for hydroxylation is 1. The van der Waals surface area contributed by atoms with E-state index in [1.165, 1.54) is 40.0 Å². The fourth-order valence-electron chi connectivity index (χ4n) is 6.48. The molecule has 2 aromatic rings. The molecule has 6 nitrogen and oxygen atoms in total. The van der Waals surface area contributed by atoms with E-state index in [0.717, 1.165) is 76.0 Å². The Bertz CT molecular complexity index is 1310. The molecule has 3 heterocycles. The zero-order valence-corrected chi connectivity index (χ0v) is 23.2. The molecule has 0 bridgehead atoms. The lowest BCUT2D eigenvalue weighted by Crippen LogP contribution is -2.41. The lowest BCUT2D eigenvalue weighted by atomic mass is 9.81. The van der Waals surface area contributed by atoms with Crippen LogP contribution in [0.2, 0.25) is 5.02 Å². The van der Waals surface area contributed by atoms with Gasteiger partial charge >= 0.3 is 6.09 Å². The standard InChI is InChI=1S/C32H37ClN4O2/c33-26-10-11-28-25(21-26)20-24(6-5-16-36-19-15-34-22-36)29-9-4-14-35-31(29)30(28)23-12-17-37(18-13-23)32(38)39-27-7-2-1-3-8-27/h4,9-11,14-15,19-23,27,35H,1-3,5-8,12-13,16-18H2. The van der Waals surface area contributed by atoms with E-state index in [4.69, 9.17) is 16.3 Å². The van der Waals surface area contributed by atoms with Crippen LogP contribution < -0.4 is 5.32 Å². The minimum absolute atomic E-state index is 0.0941. The van der Waals surface area contributed by atoms with E-state index in [9.17, 15) is 4.79 Å². The van der Waals surface area contributed by atoms with Gasteiger partial charge in [-0.3, -0.25) is 0 Å². The summed E-state index contributed by atoms with van der Waals surface area (Å²) >= 11 is 6.51. The molecule has 1 amide bonds. The van der Waals surface area contributed by atoms with Crippen molar-refractivity contribution in [2.24, 2.45) is 5.92 Å². The van der Waals surface area contributed by atoms with E-state index < -0.39 is 0 Å². The van der Waals surface area contributed by atoms with Gasteiger partial charge in [0.1, 0.15) is 6.10 Å². The Kier molecular flexibility index (Phi) is 7.91. The number of ether oxygens (including phenoxy) is 1. The Hall–Kier alpha value is -3.25. The third-order valence-corrected chi connectivity index (χ3v) is 8.74. The third-order valence-electron chi connectivity index (χ3n) is 8.51. The van der Waals surface area contributed by atoms with Crippen molar-refractivity contribution in [3.05, 3.63) is 88.3 Å². The Balaban J connectivity index is 1.24. The maximum absolute atomic E-state index is 12.9. The van der Waals surface area contributed by atoms with Crippen molar-refractivity contribution >= 4 is 29.3 Å². The summed E-state index contributed by atoms with van der Waals surface area (Å²) in [6, 6.07) is 6.26. The number of imidazole rings is 1. The van der Waals surface area contributed by atoms with E-state index in [-0.39, 0.29) is 12.2 Å². The molecule has 1 saturated carbocycles. The summed E-state index contributed by atoms with van der Waals surface area (Å²) in [5, 5.41) is 4.37. The first-order valence-electron chi connectivity index (χ1n) is 14.5. The monoisotopic (exact) mass is 544 g/mol. The molecule has 1 aromatic heterocycles. The number of carbonyl (C=O) groups is 1. The van der Waals surface area contributed by atoms with Crippen LogP contribution in [0, 0.1) is 5.92 Å². The number of rotatable bonds is 6. The molecule has 0 spiro atoms. The van der Waals surface area contributed by atoms with Crippen LogP contribution >= 0.6 is 11.6 Å². The third kappa shape index (κ3) is 5.86. The van der Waals surface area contributed by atoms with E-state index in [1.807, 2.05) is 35.9 Å². The molecule has 39 heavy (non-hydrogen) atoms. The van der Waals surface area contributed by atoms with Crippen LogP contribution in [0.5, 0.6) is 0 Å². The summed E-state index contributed by atoms with van der Waals surface area (Å²) in [5.41, 5.74) is 7.49. The zero-order valence-electron chi connectivity index (χ0n) is 22.4. The molecule has 1 N–H and O–H groups in total. The average Bonchev–Trinajstić information content (AvgIpc) is 3.44. The van der Waals surface area contributed by atoms with Crippen molar-refractivity contribution in [3.63, 3.8) is 0 Å². The molecule has 6 rings (SSSR count). The largest absolute Gasteiger partial charge is 0.446 e. The first-order valence-corrected chi connectivity index (χ1v) is 14.8. The van der Waals surface area contributed by atoms with E-state index in [2.05, 4.69) is 45.2 Å². The van der Waals surface area contributed by atoms with Gasteiger partial charge in [0, 0.05) is 54.5 Å². The van der Waals surface area contributed by atoms with Crippen LogP contribution in [0.1, 0.15) is 68.9 Å². The number of carbonyl (C=O) groups excluding carboxylic acids is 1. The van der Waals surface area contributed by atoms with Crippen molar-refractivity contribution in [1.82, 2.24) is 19.8 Å². The van der Waals surface area contributed by atoms with Gasteiger partial charge in [-0.2, -0.15) is 0 Å². The average molecular weight is 545 g/mol. The highest BCUT2D eigenvalue weighted by atomic mass is 35.5. The van der Waals surface area contributed by atoms with Crippen molar-refractivity contribution in [2.75, 3.05) is 13.1 Å². The number of piperidine rings is 1. The van der Waals surface area contributed by atoms with Gasteiger partial charge in [0.25, 0.3) is 0 Å². The summed E-state index contributed by atoms with van der Waals surface area (Å²) in [6.45, 7) is 2.36. The maximum Gasteiger partial charge on any atom is 0.410 e. The van der Waals surface area contributed by atoms with Crippen LogP contribution in [0.25, 0.3) is 11.6 Å². The first-order chi connectivity index (χ1) is 19.2. The number of hydrogen-bond donors (Lipinski definition) is 1. The number of aromatic nitrogens is 2. The molecular weight excluding hydrogens is 508 g/mol. The van der Waals surface area contributed by atoms with Gasteiger partial charge in [-0.25, -0.2) is 9.78 Å². The van der Waals surface area contributed by atoms with Crippen LogP contribution in [0.15, 0.2) is 72.1 Å². The predicted octanol–water partition coefficient (Wildman–Crippen LogP) is 7.35. The molecule has 0 unspecified atom stereocenters. The van der Waals surface area contributed by atoms with Crippen LogP contribution in [0.3, 0.4) is 0 Å². The van der Waals surface area contributed by atoms with Crippen LogP contribution in [-0.2, 0) is 11.3 Å². The minimum atomic E-state index is -0.132. The van der Waals surface area contributed by atoms with Gasteiger partial charge in [0.05, 0.1) is 6.33 Å². The van der Waals surface area contributed by atoms with Gasteiger partial charge in [-0.15, -0.1) is 0 Å². The highest BCUT2D eigenvalue weighted by Crippen LogP contribution is 2.44. The number of allylic oxidation sites excluding steroid dienone is 4. The highest BCUT2D eigenvalue weighted by Gasteiger charge is 2.33. The second kappa shape index (κ2) is 11.9. The predicted molar refractivity (Wildman–Crippen MR) is 156 cm³/mol. The first kappa shape index (κ1) is 26.0. The van der Waals surface area contributed by atoms with Crippen molar-refractivity contribution in [3.8, 4) is 0 Å².